The van der Waals surface area contributed by atoms with Gasteiger partial charge in [0.1, 0.15) is 0 Å². The van der Waals surface area contributed by atoms with Gasteiger partial charge in [0, 0.05) is 48.4 Å². The molecule has 1 fully saturated rings. The van der Waals surface area contributed by atoms with Crippen molar-refractivity contribution >= 4 is 22.9 Å². The molecule has 0 atom stereocenters. The van der Waals surface area contributed by atoms with Crippen LogP contribution >= 0.6 is 11.3 Å². The van der Waals surface area contributed by atoms with Crippen LogP contribution in [0.5, 0.6) is 0 Å². The van der Waals surface area contributed by atoms with Crippen molar-refractivity contribution in [2.45, 2.75) is 25.3 Å². The lowest BCUT2D eigenvalue weighted by atomic mass is 9.93. The maximum Gasteiger partial charge on any atom is 0.261 e. The summed E-state index contributed by atoms with van der Waals surface area (Å²) >= 11 is 1.46. The second-order valence-electron chi connectivity index (χ2n) is 6.87. The maximum atomic E-state index is 12.4. The first-order valence-corrected chi connectivity index (χ1v) is 9.77. The fourth-order valence-corrected chi connectivity index (χ4v) is 4.01. The van der Waals surface area contributed by atoms with Crippen molar-refractivity contribution in [1.29, 1.82) is 0 Å². The molecule has 0 aliphatic heterocycles. The van der Waals surface area contributed by atoms with Crippen LogP contribution in [0.2, 0.25) is 0 Å². The van der Waals surface area contributed by atoms with E-state index in [4.69, 9.17) is 0 Å². The summed E-state index contributed by atoms with van der Waals surface area (Å²) in [6.07, 6.45) is 12.7. The zero-order valence-electron chi connectivity index (χ0n) is 14.8. The third-order valence-corrected chi connectivity index (χ3v) is 5.90. The molecule has 0 aromatic carbocycles. The summed E-state index contributed by atoms with van der Waals surface area (Å²) in [5, 5.41) is 13.7. The largest absolute Gasteiger partial charge is 0.349 e. The summed E-state index contributed by atoms with van der Waals surface area (Å²) in [6.45, 7) is 0. The van der Waals surface area contributed by atoms with Crippen LogP contribution in [-0.4, -0.2) is 36.3 Å². The van der Waals surface area contributed by atoms with Gasteiger partial charge in [0.05, 0.1) is 17.3 Å². The highest BCUT2D eigenvalue weighted by Gasteiger charge is 2.21. The molecular formula is C19H18N6OS. The molecule has 0 unspecified atom stereocenters. The van der Waals surface area contributed by atoms with Gasteiger partial charge in [-0.05, 0) is 36.3 Å². The summed E-state index contributed by atoms with van der Waals surface area (Å²) in [5.74, 6) is 0.0132. The topological polar surface area (TPSA) is 77.1 Å². The zero-order valence-corrected chi connectivity index (χ0v) is 15.6. The predicted octanol–water partition coefficient (Wildman–Crippen LogP) is 3.14. The van der Waals surface area contributed by atoms with E-state index in [0.717, 1.165) is 45.6 Å². The molecule has 4 aromatic rings. The van der Waals surface area contributed by atoms with E-state index >= 15 is 0 Å². The van der Waals surface area contributed by atoms with Crippen LogP contribution in [0.3, 0.4) is 0 Å². The Bertz CT molecular complexity index is 1140. The number of nitrogens with zero attached hydrogens (tertiary/aromatic N) is 5. The number of rotatable bonds is 4. The van der Waals surface area contributed by atoms with Gasteiger partial charge in [0.2, 0.25) is 0 Å². The first-order valence-electron chi connectivity index (χ1n) is 8.89. The lowest BCUT2D eigenvalue weighted by Crippen LogP contribution is -2.39. The van der Waals surface area contributed by atoms with Crippen molar-refractivity contribution in [2.24, 2.45) is 7.05 Å². The standard InChI is InChI=1S/C19H18N6OS/c1-24-9-14(7-21-24)13-6-20-18-16(8-22-25(18)10-13)12-5-17(27-11-12)19(26)23-15-3-2-4-15/h5-11,15H,2-4H2,1H3,(H,23,26). The molecule has 1 aliphatic rings. The average Bonchev–Trinajstić information content (AvgIpc) is 3.35. The molecule has 4 heterocycles. The monoisotopic (exact) mass is 378 g/mol. The highest BCUT2D eigenvalue weighted by atomic mass is 32.1. The number of hydrogen-bond acceptors (Lipinski definition) is 5. The summed E-state index contributed by atoms with van der Waals surface area (Å²) in [4.78, 5) is 17.7. The van der Waals surface area contributed by atoms with Crippen molar-refractivity contribution in [2.75, 3.05) is 0 Å². The number of aromatic nitrogens is 5. The SMILES string of the molecule is Cn1cc(-c2cnc3c(-c4csc(C(=O)NC5CCC5)c4)cnn3c2)cn1. The Morgan fingerprint density at radius 1 is 1.15 bits per heavy atom. The van der Waals surface area contributed by atoms with Crippen LogP contribution in [0.25, 0.3) is 27.9 Å². The summed E-state index contributed by atoms with van der Waals surface area (Å²) < 4.78 is 3.53. The molecule has 1 amide bonds. The number of fused-ring (bicyclic) bond motifs is 1. The number of aryl methyl sites for hydroxylation is 1. The summed E-state index contributed by atoms with van der Waals surface area (Å²) in [7, 11) is 1.89. The smallest absolute Gasteiger partial charge is 0.261 e. The normalized spacial score (nSPS) is 14.4. The van der Waals surface area contributed by atoms with Crippen LogP contribution < -0.4 is 5.32 Å². The third kappa shape index (κ3) is 2.91. The van der Waals surface area contributed by atoms with Gasteiger partial charge in [-0.2, -0.15) is 10.2 Å². The van der Waals surface area contributed by atoms with Crippen molar-refractivity contribution in [3.8, 4) is 22.3 Å². The van der Waals surface area contributed by atoms with Crippen LogP contribution in [0.1, 0.15) is 28.9 Å². The van der Waals surface area contributed by atoms with Crippen molar-refractivity contribution < 1.29 is 4.79 Å². The van der Waals surface area contributed by atoms with Gasteiger partial charge in [-0.25, -0.2) is 9.50 Å². The molecule has 1 N–H and O–H groups in total. The Labute approximate surface area is 159 Å². The van der Waals surface area contributed by atoms with Crippen molar-refractivity contribution in [1.82, 2.24) is 29.7 Å². The Hall–Kier alpha value is -3.00. The highest BCUT2D eigenvalue weighted by Crippen LogP contribution is 2.30. The molecule has 1 aliphatic carbocycles. The molecule has 0 spiro atoms. The summed E-state index contributed by atoms with van der Waals surface area (Å²) in [6, 6.07) is 2.26. The van der Waals surface area contributed by atoms with E-state index in [2.05, 4.69) is 20.5 Å². The summed E-state index contributed by atoms with van der Waals surface area (Å²) in [5.41, 5.74) is 4.61. The first kappa shape index (κ1) is 16.2. The Kier molecular flexibility index (Phi) is 3.78. The van der Waals surface area contributed by atoms with Gasteiger partial charge >= 0.3 is 0 Å². The average molecular weight is 378 g/mol. The lowest BCUT2D eigenvalue weighted by Gasteiger charge is -2.25. The number of carbonyl (C=O) groups excluding carboxylic acids is 1. The number of nitrogens with one attached hydrogen (secondary N) is 1. The lowest BCUT2D eigenvalue weighted by molar-refractivity contribution is 0.0921. The second kappa shape index (κ2) is 6.31. The molecule has 0 saturated heterocycles. The van der Waals surface area contributed by atoms with Gasteiger partial charge in [0.25, 0.3) is 5.91 Å². The van der Waals surface area contributed by atoms with E-state index < -0.39 is 0 Å². The molecule has 0 radical (unpaired) electrons. The molecule has 136 valence electrons. The Morgan fingerprint density at radius 2 is 2.00 bits per heavy atom. The zero-order chi connectivity index (χ0) is 18.4. The number of amides is 1. The molecule has 27 heavy (non-hydrogen) atoms. The maximum absolute atomic E-state index is 12.4. The van der Waals surface area contributed by atoms with Crippen LogP contribution in [0, 0.1) is 0 Å². The fraction of sp³-hybridized carbons (Fsp3) is 0.263. The van der Waals surface area contributed by atoms with E-state index in [9.17, 15) is 4.79 Å². The van der Waals surface area contributed by atoms with E-state index in [1.807, 2.05) is 37.1 Å². The Morgan fingerprint density at radius 3 is 2.74 bits per heavy atom. The van der Waals surface area contributed by atoms with E-state index in [1.165, 1.54) is 17.8 Å². The van der Waals surface area contributed by atoms with Gasteiger partial charge in [-0.3, -0.25) is 9.48 Å². The van der Waals surface area contributed by atoms with E-state index in [0.29, 0.717) is 6.04 Å². The van der Waals surface area contributed by atoms with E-state index in [1.54, 1.807) is 21.6 Å². The van der Waals surface area contributed by atoms with Gasteiger partial charge in [0.15, 0.2) is 5.65 Å². The fourth-order valence-electron chi connectivity index (χ4n) is 3.20. The Balaban J connectivity index is 1.44. The molecule has 8 heteroatoms. The minimum atomic E-state index is 0.0132. The van der Waals surface area contributed by atoms with Crippen LogP contribution in [-0.2, 0) is 7.05 Å². The first-order chi connectivity index (χ1) is 13.2. The van der Waals surface area contributed by atoms with Crippen LogP contribution in [0.4, 0.5) is 0 Å². The van der Waals surface area contributed by atoms with Crippen molar-refractivity contribution in [3.63, 3.8) is 0 Å². The molecule has 0 bridgehead atoms. The van der Waals surface area contributed by atoms with Gasteiger partial charge in [-0.1, -0.05) is 0 Å². The molecular weight excluding hydrogens is 360 g/mol. The minimum absolute atomic E-state index is 0.0132. The van der Waals surface area contributed by atoms with Gasteiger partial charge in [-0.15, -0.1) is 11.3 Å². The highest BCUT2D eigenvalue weighted by molar-refractivity contribution is 7.12. The number of hydrogen-bond donors (Lipinski definition) is 1. The molecule has 4 aromatic heterocycles. The molecule has 1 saturated carbocycles. The predicted molar refractivity (Wildman–Crippen MR) is 104 cm³/mol. The van der Waals surface area contributed by atoms with Gasteiger partial charge < -0.3 is 5.32 Å². The quantitative estimate of drug-likeness (QED) is 0.592. The van der Waals surface area contributed by atoms with E-state index in [-0.39, 0.29) is 5.91 Å². The molecule has 7 nitrogen and oxygen atoms in total. The third-order valence-electron chi connectivity index (χ3n) is 4.97. The van der Waals surface area contributed by atoms with Crippen molar-refractivity contribution in [3.05, 3.63) is 47.3 Å². The second-order valence-corrected chi connectivity index (χ2v) is 7.78. The minimum Gasteiger partial charge on any atom is -0.349 e. The van der Waals surface area contributed by atoms with Crippen LogP contribution in [0.15, 0.2) is 42.4 Å². The molecule has 5 rings (SSSR count). The number of thiophene rings is 1. The number of carbonyl (C=O) groups is 1.